The van der Waals surface area contributed by atoms with Gasteiger partial charge in [-0.15, -0.1) is 0 Å². The van der Waals surface area contributed by atoms with Crippen LogP contribution in [0.1, 0.15) is 28.4 Å². The second-order valence-corrected chi connectivity index (χ2v) is 4.65. The molecule has 0 aliphatic heterocycles. The minimum Gasteiger partial charge on any atom is -0.462 e. The van der Waals surface area contributed by atoms with Crippen LogP contribution < -0.4 is 0 Å². The Morgan fingerprint density at radius 1 is 1.50 bits per heavy atom. The Bertz CT molecular complexity index is 552. The molecule has 0 saturated carbocycles. The molecule has 0 radical (unpaired) electrons. The Hall–Kier alpha value is -1.72. The number of thioether (sulfide) groups is 1. The van der Waals surface area contributed by atoms with E-state index >= 15 is 0 Å². The minimum absolute atomic E-state index is 0.0597. The Morgan fingerprint density at radius 2 is 2.15 bits per heavy atom. The zero-order valence-electron chi connectivity index (χ0n) is 10.3. The summed E-state index contributed by atoms with van der Waals surface area (Å²) >= 11 is -0.488. The van der Waals surface area contributed by atoms with Crippen LogP contribution in [0.4, 0.5) is 13.2 Å². The Balaban J connectivity index is 3.35. The number of alkyl halides is 3. The van der Waals surface area contributed by atoms with Crippen LogP contribution in [0, 0.1) is 11.3 Å². The first kappa shape index (κ1) is 16.3. The molecule has 1 aromatic rings. The smallest absolute Gasteiger partial charge is 0.446 e. The molecule has 1 aromatic carbocycles. The topological polar surface area (TPSA) is 70.3 Å². The fourth-order valence-corrected chi connectivity index (χ4v) is 2.19. The van der Waals surface area contributed by atoms with E-state index in [1.54, 1.807) is 13.0 Å². The molecular formula is C12H10F3NO3S. The number of nitriles is 1. The summed E-state index contributed by atoms with van der Waals surface area (Å²) in [5, 5.41) is 18.0. The lowest BCUT2D eigenvalue weighted by molar-refractivity contribution is -0.0328. The molecule has 1 rings (SSSR count). The third-order valence-corrected chi connectivity index (χ3v) is 3.04. The number of nitrogens with zero attached hydrogens (tertiary/aromatic N) is 1. The second kappa shape index (κ2) is 6.63. The van der Waals surface area contributed by atoms with Crippen molar-refractivity contribution in [2.75, 3.05) is 6.61 Å². The van der Waals surface area contributed by atoms with Gasteiger partial charge in [0, 0.05) is 10.5 Å². The van der Waals surface area contributed by atoms with Gasteiger partial charge >= 0.3 is 11.5 Å². The van der Waals surface area contributed by atoms with Crippen molar-refractivity contribution in [3.8, 4) is 6.07 Å². The maximum Gasteiger partial charge on any atom is 0.446 e. The number of esters is 1. The van der Waals surface area contributed by atoms with Crippen LogP contribution >= 0.6 is 11.8 Å². The number of halogens is 3. The predicted molar refractivity (Wildman–Crippen MR) is 64.9 cm³/mol. The molecule has 0 atom stereocenters. The molecule has 0 aromatic heterocycles. The average molecular weight is 305 g/mol. The summed E-state index contributed by atoms with van der Waals surface area (Å²) in [7, 11) is 0. The molecule has 0 fully saturated rings. The third kappa shape index (κ3) is 4.15. The zero-order chi connectivity index (χ0) is 15.3. The second-order valence-electron chi connectivity index (χ2n) is 3.54. The van der Waals surface area contributed by atoms with Crippen molar-refractivity contribution < 1.29 is 27.8 Å². The van der Waals surface area contributed by atoms with E-state index in [1.807, 2.05) is 0 Å². The predicted octanol–water partition coefficient (Wildman–Crippen LogP) is 2.84. The summed E-state index contributed by atoms with van der Waals surface area (Å²) in [6.07, 6.45) is 0. The number of carbonyl (C=O) groups excluding carboxylic acids is 1. The molecule has 0 heterocycles. The minimum atomic E-state index is -4.59. The van der Waals surface area contributed by atoms with Crippen LogP contribution in [0.2, 0.25) is 0 Å². The highest BCUT2D eigenvalue weighted by Crippen LogP contribution is 2.40. The summed E-state index contributed by atoms with van der Waals surface area (Å²) in [5.41, 5.74) is -5.11. The number of rotatable bonds is 4. The molecule has 108 valence electrons. The fraction of sp³-hybridized carbons (Fsp3) is 0.333. The highest BCUT2D eigenvalue weighted by atomic mass is 32.2. The number of ether oxygens (including phenoxy) is 1. The zero-order valence-corrected chi connectivity index (χ0v) is 11.1. The molecule has 0 saturated heterocycles. The van der Waals surface area contributed by atoms with Crippen molar-refractivity contribution >= 4 is 17.7 Å². The highest BCUT2D eigenvalue weighted by molar-refractivity contribution is 8.00. The van der Waals surface area contributed by atoms with E-state index in [0.717, 1.165) is 12.1 Å². The van der Waals surface area contributed by atoms with Gasteiger partial charge < -0.3 is 9.84 Å². The van der Waals surface area contributed by atoms with Crippen molar-refractivity contribution in [3.63, 3.8) is 0 Å². The number of hydrogen-bond acceptors (Lipinski definition) is 5. The molecule has 20 heavy (non-hydrogen) atoms. The Morgan fingerprint density at radius 3 is 2.60 bits per heavy atom. The first-order valence-electron chi connectivity index (χ1n) is 5.43. The van der Waals surface area contributed by atoms with E-state index < -0.39 is 29.8 Å². The van der Waals surface area contributed by atoms with E-state index in [1.165, 1.54) is 0 Å². The van der Waals surface area contributed by atoms with Crippen molar-refractivity contribution in [1.29, 1.82) is 5.26 Å². The first-order valence-corrected chi connectivity index (χ1v) is 6.24. The highest BCUT2D eigenvalue weighted by Gasteiger charge is 2.31. The van der Waals surface area contributed by atoms with Gasteiger partial charge in [0.1, 0.15) is 0 Å². The normalized spacial score (nSPS) is 11.0. The molecule has 0 aliphatic carbocycles. The molecule has 0 unspecified atom stereocenters. The van der Waals surface area contributed by atoms with Gasteiger partial charge in [0.15, 0.2) is 0 Å². The molecular weight excluding hydrogens is 295 g/mol. The lowest BCUT2D eigenvalue weighted by Crippen LogP contribution is -2.08. The number of aliphatic hydroxyl groups excluding tert-OH is 1. The number of aliphatic hydroxyl groups is 1. The van der Waals surface area contributed by atoms with Crippen LogP contribution in [-0.4, -0.2) is 23.2 Å². The van der Waals surface area contributed by atoms with Crippen LogP contribution in [0.25, 0.3) is 0 Å². The van der Waals surface area contributed by atoms with Crippen molar-refractivity contribution in [2.24, 2.45) is 0 Å². The van der Waals surface area contributed by atoms with Gasteiger partial charge in [-0.3, -0.25) is 0 Å². The van der Waals surface area contributed by atoms with E-state index in [2.05, 4.69) is 4.74 Å². The molecule has 1 N–H and O–H groups in total. The fourth-order valence-electron chi connectivity index (χ4n) is 1.46. The SMILES string of the molecule is CCOC(=O)c1cc(C#N)c(CO)c(SC(F)(F)F)c1. The van der Waals surface area contributed by atoms with E-state index in [9.17, 15) is 18.0 Å². The monoisotopic (exact) mass is 305 g/mol. The quantitative estimate of drug-likeness (QED) is 0.684. The van der Waals surface area contributed by atoms with Gasteiger partial charge in [-0.1, -0.05) is 0 Å². The standard InChI is InChI=1S/C12H10F3NO3S/c1-2-19-11(18)7-3-8(5-16)9(6-17)10(4-7)20-12(13,14)15/h3-4,17H,2,6H2,1H3. The molecule has 8 heteroatoms. The lowest BCUT2D eigenvalue weighted by Gasteiger charge is -2.13. The molecule has 0 bridgehead atoms. The lowest BCUT2D eigenvalue weighted by atomic mass is 10.1. The summed E-state index contributed by atoms with van der Waals surface area (Å²) in [6.45, 7) is 0.880. The largest absolute Gasteiger partial charge is 0.462 e. The van der Waals surface area contributed by atoms with Crippen molar-refractivity contribution in [3.05, 3.63) is 28.8 Å². The van der Waals surface area contributed by atoms with Crippen LogP contribution in [0.3, 0.4) is 0 Å². The number of hydrogen-bond donors (Lipinski definition) is 1. The molecule has 0 amide bonds. The molecule has 0 spiro atoms. The van der Waals surface area contributed by atoms with Crippen LogP contribution in [0.5, 0.6) is 0 Å². The summed E-state index contributed by atoms with van der Waals surface area (Å²) in [4.78, 5) is 11.2. The van der Waals surface area contributed by atoms with E-state index in [4.69, 9.17) is 10.4 Å². The van der Waals surface area contributed by atoms with Gasteiger partial charge in [-0.25, -0.2) is 4.79 Å². The summed E-state index contributed by atoms with van der Waals surface area (Å²) in [5.74, 6) is -0.822. The van der Waals surface area contributed by atoms with Gasteiger partial charge in [-0.2, -0.15) is 18.4 Å². The average Bonchev–Trinajstić information content (AvgIpc) is 2.36. The Labute approximate surface area is 117 Å². The first-order chi connectivity index (χ1) is 9.32. The number of carbonyl (C=O) groups is 1. The van der Waals surface area contributed by atoms with Gasteiger partial charge in [-0.05, 0) is 30.8 Å². The van der Waals surface area contributed by atoms with Crippen LogP contribution in [-0.2, 0) is 11.3 Å². The van der Waals surface area contributed by atoms with Gasteiger partial charge in [0.25, 0.3) is 0 Å². The Kier molecular flexibility index (Phi) is 5.42. The van der Waals surface area contributed by atoms with Gasteiger partial charge in [0.2, 0.25) is 0 Å². The van der Waals surface area contributed by atoms with Crippen molar-refractivity contribution in [1.82, 2.24) is 0 Å². The molecule has 4 nitrogen and oxygen atoms in total. The number of benzene rings is 1. The van der Waals surface area contributed by atoms with Crippen LogP contribution in [0.15, 0.2) is 17.0 Å². The van der Waals surface area contributed by atoms with Crippen molar-refractivity contribution in [2.45, 2.75) is 23.9 Å². The van der Waals surface area contributed by atoms with E-state index in [0.29, 0.717) is 0 Å². The van der Waals surface area contributed by atoms with Gasteiger partial charge in [0.05, 0.1) is 30.4 Å². The maximum absolute atomic E-state index is 12.5. The van der Waals surface area contributed by atoms with E-state index in [-0.39, 0.29) is 28.2 Å². The maximum atomic E-state index is 12.5. The third-order valence-electron chi connectivity index (χ3n) is 2.22. The summed E-state index contributed by atoms with van der Waals surface area (Å²) in [6, 6.07) is 3.72. The molecule has 0 aliphatic rings. The summed E-state index contributed by atoms with van der Waals surface area (Å²) < 4.78 is 42.1.